The quantitative estimate of drug-likeness (QED) is 0.399. The lowest BCUT2D eigenvalue weighted by atomic mass is 10.1. The molecule has 0 spiro atoms. The second kappa shape index (κ2) is 18.5. The van der Waals surface area contributed by atoms with E-state index in [2.05, 4.69) is 27.7 Å². The Morgan fingerprint density at radius 1 is 0.882 bits per heavy atom. The standard InChI is InChI=1S/C9H20.C6H16OSi/c1-4-5-6-7-8-9(2)3;1-3-4-5-6-8-7-2/h9H,4-8H2,1-3H3;3-6,8H2,1-2H3. The Morgan fingerprint density at radius 2 is 1.47 bits per heavy atom. The molecule has 2 heteroatoms. The molecule has 0 bridgehead atoms. The first-order chi connectivity index (χ1) is 8.18. The molecule has 0 aromatic carbocycles. The normalized spacial score (nSPS) is 10.9. The van der Waals surface area contributed by atoms with Gasteiger partial charge in [0.2, 0.25) is 0 Å². The summed E-state index contributed by atoms with van der Waals surface area (Å²) in [4.78, 5) is 0. The number of rotatable bonds is 10. The molecule has 0 aliphatic carbocycles. The molecule has 106 valence electrons. The van der Waals surface area contributed by atoms with E-state index in [-0.39, 0.29) is 9.76 Å². The van der Waals surface area contributed by atoms with E-state index >= 15 is 0 Å². The molecule has 0 aliphatic heterocycles. The first-order valence-electron chi connectivity index (χ1n) is 7.67. The Hall–Kier alpha value is 0.177. The zero-order valence-corrected chi connectivity index (χ0v) is 14.5. The van der Waals surface area contributed by atoms with Crippen molar-refractivity contribution < 1.29 is 4.43 Å². The predicted octanol–water partition coefficient (Wildman–Crippen LogP) is 4.94. The molecule has 0 aliphatic rings. The molecule has 0 heterocycles. The van der Waals surface area contributed by atoms with Gasteiger partial charge in [-0.2, -0.15) is 0 Å². The van der Waals surface area contributed by atoms with E-state index in [0.29, 0.717) is 0 Å². The molecule has 0 radical (unpaired) electrons. The van der Waals surface area contributed by atoms with Gasteiger partial charge in [-0.3, -0.25) is 0 Å². The van der Waals surface area contributed by atoms with Gasteiger partial charge in [0.25, 0.3) is 0 Å². The third-order valence-electron chi connectivity index (χ3n) is 2.84. The summed E-state index contributed by atoms with van der Waals surface area (Å²) in [6.45, 7) is 9.08. The van der Waals surface area contributed by atoms with Crippen LogP contribution in [0, 0.1) is 5.92 Å². The Morgan fingerprint density at radius 3 is 1.94 bits per heavy atom. The zero-order valence-electron chi connectivity index (χ0n) is 13.1. The predicted molar refractivity (Wildman–Crippen MR) is 83.5 cm³/mol. The number of unbranched alkanes of at least 4 members (excludes halogenated alkanes) is 5. The minimum Gasteiger partial charge on any atom is -0.427 e. The summed E-state index contributed by atoms with van der Waals surface area (Å²) in [6, 6.07) is 1.37. The van der Waals surface area contributed by atoms with Crippen LogP contribution in [0.25, 0.3) is 0 Å². The minimum absolute atomic E-state index is 0.0986. The van der Waals surface area contributed by atoms with Gasteiger partial charge >= 0.3 is 0 Å². The maximum Gasteiger partial charge on any atom is 0.161 e. The van der Waals surface area contributed by atoms with Crippen molar-refractivity contribution in [1.29, 1.82) is 0 Å². The second-order valence-electron chi connectivity index (χ2n) is 5.30. The lowest BCUT2D eigenvalue weighted by Crippen LogP contribution is -1.91. The fourth-order valence-corrected chi connectivity index (χ4v) is 2.50. The summed E-state index contributed by atoms with van der Waals surface area (Å²) < 4.78 is 5.03. The summed E-state index contributed by atoms with van der Waals surface area (Å²) in [5.74, 6) is 0.904. The summed E-state index contributed by atoms with van der Waals surface area (Å²) in [5.41, 5.74) is 0. The topological polar surface area (TPSA) is 9.23 Å². The van der Waals surface area contributed by atoms with Crippen LogP contribution in [0.4, 0.5) is 0 Å². The first-order valence-corrected chi connectivity index (χ1v) is 9.25. The molecule has 0 atom stereocenters. The van der Waals surface area contributed by atoms with Crippen molar-refractivity contribution in [2.24, 2.45) is 5.92 Å². The highest BCUT2D eigenvalue weighted by Gasteiger charge is 1.91. The molecule has 0 N–H and O–H groups in total. The fourth-order valence-electron chi connectivity index (χ4n) is 1.65. The van der Waals surface area contributed by atoms with E-state index in [1.54, 1.807) is 0 Å². The molecule has 0 amide bonds. The van der Waals surface area contributed by atoms with E-state index in [4.69, 9.17) is 4.43 Å². The van der Waals surface area contributed by atoms with Gasteiger partial charge in [0.1, 0.15) is 0 Å². The van der Waals surface area contributed by atoms with Gasteiger partial charge in [0.15, 0.2) is 9.76 Å². The molecule has 0 aromatic heterocycles. The molecule has 1 nitrogen and oxygen atoms in total. The van der Waals surface area contributed by atoms with Crippen LogP contribution in [0.3, 0.4) is 0 Å². The number of hydrogen-bond donors (Lipinski definition) is 0. The van der Waals surface area contributed by atoms with Crippen LogP contribution in [0.1, 0.15) is 79.1 Å². The average molecular weight is 261 g/mol. The van der Waals surface area contributed by atoms with Crippen molar-refractivity contribution in [3.05, 3.63) is 0 Å². The maximum atomic E-state index is 5.03. The Balaban J connectivity index is 0. The van der Waals surface area contributed by atoms with Gasteiger partial charge < -0.3 is 4.43 Å². The van der Waals surface area contributed by atoms with E-state index in [1.807, 2.05) is 7.11 Å². The lowest BCUT2D eigenvalue weighted by molar-refractivity contribution is 0.439. The fraction of sp³-hybridized carbons (Fsp3) is 1.00. The maximum absolute atomic E-state index is 5.03. The minimum atomic E-state index is -0.0986. The largest absolute Gasteiger partial charge is 0.427 e. The van der Waals surface area contributed by atoms with Crippen molar-refractivity contribution >= 4 is 9.76 Å². The van der Waals surface area contributed by atoms with Crippen molar-refractivity contribution in [2.75, 3.05) is 7.11 Å². The zero-order chi connectivity index (χ0) is 13.4. The Bertz CT molecular complexity index is 109. The van der Waals surface area contributed by atoms with Crippen molar-refractivity contribution in [3.8, 4) is 0 Å². The van der Waals surface area contributed by atoms with Crippen LogP contribution in [0.5, 0.6) is 0 Å². The third kappa shape index (κ3) is 26.0. The molecule has 17 heavy (non-hydrogen) atoms. The van der Waals surface area contributed by atoms with E-state index in [0.717, 1.165) is 5.92 Å². The van der Waals surface area contributed by atoms with E-state index in [9.17, 15) is 0 Å². The molecule has 0 unspecified atom stereocenters. The molecular formula is C15H36OSi. The Labute approximate surface area is 113 Å². The highest BCUT2D eigenvalue weighted by molar-refractivity contribution is 6.26. The summed E-state index contributed by atoms with van der Waals surface area (Å²) in [5, 5.41) is 0. The van der Waals surface area contributed by atoms with Crippen molar-refractivity contribution in [2.45, 2.75) is 85.1 Å². The van der Waals surface area contributed by atoms with Crippen LogP contribution < -0.4 is 0 Å². The lowest BCUT2D eigenvalue weighted by Gasteiger charge is -2.01. The highest BCUT2D eigenvalue weighted by Crippen LogP contribution is 2.08. The van der Waals surface area contributed by atoms with Crippen molar-refractivity contribution in [3.63, 3.8) is 0 Å². The monoisotopic (exact) mass is 260 g/mol. The van der Waals surface area contributed by atoms with Crippen LogP contribution in [-0.2, 0) is 4.43 Å². The smallest absolute Gasteiger partial charge is 0.161 e. The van der Waals surface area contributed by atoms with Gasteiger partial charge in [-0.05, 0) is 12.0 Å². The van der Waals surface area contributed by atoms with Crippen LogP contribution >= 0.6 is 0 Å². The molecule has 0 saturated heterocycles. The molecule has 0 saturated carbocycles. The summed E-state index contributed by atoms with van der Waals surface area (Å²) in [6.07, 6.45) is 11.2. The van der Waals surface area contributed by atoms with Gasteiger partial charge in [0.05, 0.1) is 0 Å². The summed E-state index contributed by atoms with van der Waals surface area (Å²) in [7, 11) is 1.72. The van der Waals surface area contributed by atoms with Crippen LogP contribution in [0.2, 0.25) is 6.04 Å². The molecule has 0 fully saturated rings. The highest BCUT2D eigenvalue weighted by atomic mass is 28.2. The van der Waals surface area contributed by atoms with Gasteiger partial charge in [-0.25, -0.2) is 0 Å². The molecule has 0 rings (SSSR count). The van der Waals surface area contributed by atoms with E-state index < -0.39 is 0 Å². The molecule has 0 aromatic rings. The van der Waals surface area contributed by atoms with Gasteiger partial charge in [-0.1, -0.05) is 79.1 Å². The van der Waals surface area contributed by atoms with Gasteiger partial charge in [-0.15, -0.1) is 0 Å². The first kappa shape index (κ1) is 19.5. The van der Waals surface area contributed by atoms with Gasteiger partial charge in [0, 0.05) is 7.11 Å². The summed E-state index contributed by atoms with van der Waals surface area (Å²) >= 11 is 0. The number of hydrogen-bond acceptors (Lipinski definition) is 1. The van der Waals surface area contributed by atoms with E-state index in [1.165, 1.54) is 57.4 Å². The SMILES string of the molecule is CCCCCCC(C)C.CCCCC[SiH2]OC. The van der Waals surface area contributed by atoms with Crippen LogP contribution in [0.15, 0.2) is 0 Å². The van der Waals surface area contributed by atoms with Crippen molar-refractivity contribution in [1.82, 2.24) is 0 Å². The Kier molecular flexibility index (Phi) is 21.3. The second-order valence-corrected chi connectivity index (χ2v) is 6.99. The molecular weight excluding hydrogens is 224 g/mol. The third-order valence-corrected chi connectivity index (χ3v) is 4.03. The van der Waals surface area contributed by atoms with Crippen LogP contribution in [-0.4, -0.2) is 16.9 Å². The average Bonchev–Trinajstić information content (AvgIpc) is 2.31.